The second-order valence-corrected chi connectivity index (χ2v) is 6.67. The average molecular weight is 307 g/mol. The van der Waals surface area contributed by atoms with Crippen LogP contribution in [-0.4, -0.2) is 56.6 Å². The molecule has 6 nitrogen and oxygen atoms in total. The van der Waals surface area contributed by atoms with E-state index in [0.717, 1.165) is 19.3 Å². The first-order valence-corrected chi connectivity index (χ1v) is 8.18. The summed E-state index contributed by atoms with van der Waals surface area (Å²) in [6.07, 6.45) is 5.15. The molecule has 3 heterocycles. The molecule has 0 bridgehead atoms. The number of likely N-dealkylation sites (tertiary alicyclic amines) is 1. The summed E-state index contributed by atoms with van der Waals surface area (Å²) in [5, 5.41) is 14.7. The third-order valence-electron chi connectivity index (χ3n) is 4.77. The van der Waals surface area contributed by atoms with E-state index >= 15 is 0 Å². The normalized spacial score (nSPS) is 26.4. The van der Waals surface area contributed by atoms with Crippen molar-refractivity contribution in [1.82, 2.24) is 14.7 Å². The van der Waals surface area contributed by atoms with Gasteiger partial charge in [0, 0.05) is 19.2 Å². The standard InChI is InChI=1S/C16H25N3O3/c1-3-5-7-15(21)9-16(22-12-15)10-18(11-16)14(20)13-6-8-17-19(13)4-2/h6,8,21H,3-5,7,9-12H2,1-2H3. The van der Waals surface area contributed by atoms with E-state index in [9.17, 15) is 9.90 Å². The molecule has 2 aliphatic heterocycles. The lowest BCUT2D eigenvalue weighted by Gasteiger charge is -2.47. The summed E-state index contributed by atoms with van der Waals surface area (Å²) in [5.41, 5.74) is -0.428. The van der Waals surface area contributed by atoms with Crippen molar-refractivity contribution in [3.8, 4) is 0 Å². The van der Waals surface area contributed by atoms with Crippen LogP contribution in [0.15, 0.2) is 12.3 Å². The predicted molar refractivity (Wildman–Crippen MR) is 81.6 cm³/mol. The van der Waals surface area contributed by atoms with Gasteiger partial charge in [-0.15, -0.1) is 0 Å². The molecule has 2 aliphatic rings. The zero-order valence-electron chi connectivity index (χ0n) is 13.4. The maximum absolute atomic E-state index is 12.5. The molecule has 1 atom stereocenters. The Kier molecular flexibility index (Phi) is 3.99. The molecule has 3 rings (SSSR count). The highest BCUT2D eigenvalue weighted by molar-refractivity contribution is 5.93. The van der Waals surface area contributed by atoms with Gasteiger partial charge in [0.25, 0.3) is 5.91 Å². The van der Waals surface area contributed by atoms with Crippen LogP contribution in [0.1, 0.15) is 50.0 Å². The Morgan fingerprint density at radius 3 is 2.91 bits per heavy atom. The molecule has 2 fully saturated rings. The van der Waals surface area contributed by atoms with Crippen LogP contribution in [0.2, 0.25) is 0 Å². The van der Waals surface area contributed by atoms with Crippen LogP contribution in [0.3, 0.4) is 0 Å². The molecule has 1 N–H and O–H groups in total. The van der Waals surface area contributed by atoms with Gasteiger partial charge in [0.15, 0.2) is 0 Å². The van der Waals surface area contributed by atoms with Crippen LogP contribution in [0.4, 0.5) is 0 Å². The second-order valence-electron chi connectivity index (χ2n) is 6.67. The van der Waals surface area contributed by atoms with E-state index in [4.69, 9.17) is 4.74 Å². The van der Waals surface area contributed by atoms with Crippen molar-refractivity contribution < 1.29 is 14.6 Å². The first-order chi connectivity index (χ1) is 10.5. The number of unbranched alkanes of at least 4 members (excludes halogenated alkanes) is 1. The number of amides is 1. The SMILES string of the molecule is CCCCC1(O)COC2(CN(C(=O)c3ccnn3CC)C2)C1. The van der Waals surface area contributed by atoms with E-state index in [-0.39, 0.29) is 11.5 Å². The molecule has 0 aliphatic carbocycles. The summed E-state index contributed by atoms with van der Waals surface area (Å²) < 4.78 is 7.59. The van der Waals surface area contributed by atoms with Gasteiger partial charge >= 0.3 is 0 Å². The van der Waals surface area contributed by atoms with Crippen molar-refractivity contribution in [2.45, 2.75) is 57.3 Å². The highest BCUT2D eigenvalue weighted by atomic mass is 16.5. The van der Waals surface area contributed by atoms with Crippen molar-refractivity contribution in [1.29, 1.82) is 0 Å². The zero-order valence-corrected chi connectivity index (χ0v) is 13.4. The van der Waals surface area contributed by atoms with Crippen LogP contribution in [0.5, 0.6) is 0 Å². The summed E-state index contributed by atoms with van der Waals surface area (Å²) in [7, 11) is 0. The lowest BCUT2D eigenvalue weighted by molar-refractivity contribution is -0.0958. The number of ether oxygens (including phenoxy) is 1. The van der Waals surface area contributed by atoms with Crippen molar-refractivity contribution in [2.24, 2.45) is 0 Å². The highest BCUT2D eigenvalue weighted by Gasteiger charge is 2.56. The Balaban J connectivity index is 1.59. The number of hydrogen-bond acceptors (Lipinski definition) is 4. The monoisotopic (exact) mass is 307 g/mol. The smallest absolute Gasteiger partial charge is 0.272 e. The predicted octanol–water partition coefficient (Wildman–Crippen LogP) is 1.44. The molecule has 0 aromatic carbocycles. The molecule has 1 amide bonds. The number of carbonyl (C=O) groups is 1. The Hall–Kier alpha value is -1.40. The number of aromatic nitrogens is 2. The van der Waals surface area contributed by atoms with E-state index in [2.05, 4.69) is 12.0 Å². The Morgan fingerprint density at radius 2 is 2.23 bits per heavy atom. The minimum atomic E-state index is -0.712. The van der Waals surface area contributed by atoms with Crippen molar-refractivity contribution in [3.63, 3.8) is 0 Å². The van der Waals surface area contributed by atoms with Crippen molar-refractivity contribution in [3.05, 3.63) is 18.0 Å². The number of hydrogen-bond donors (Lipinski definition) is 1. The fraction of sp³-hybridized carbons (Fsp3) is 0.750. The van der Waals surface area contributed by atoms with Crippen molar-refractivity contribution >= 4 is 5.91 Å². The minimum absolute atomic E-state index is 0.00225. The maximum atomic E-state index is 12.5. The van der Waals surface area contributed by atoms with Crippen LogP contribution in [0, 0.1) is 0 Å². The number of nitrogens with zero attached hydrogens (tertiary/aromatic N) is 3. The van der Waals surface area contributed by atoms with Gasteiger partial charge in [-0.2, -0.15) is 5.10 Å². The molecule has 1 aromatic rings. The summed E-state index contributed by atoms with van der Waals surface area (Å²) in [5.74, 6) is -0.00225. The lowest BCUT2D eigenvalue weighted by Crippen LogP contribution is -2.63. The van der Waals surface area contributed by atoms with Crippen molar-refractivity contribution in [2.75, 3.05) is 19.7 Å². The Bertz CT molecular complexity index is 551. The van der Waals surface area contributed by atoms with Gasteiger partial charge in [-0.25, -0.2) is 0 Å². The molecule has 0 saturated carbocycles. The molecule has 0 radical (unpaired) electrons. The van der Waals surface area contributed by atoms with E-state index in [0.29, 0.717) is 38.4 Å². The first-order valence-electron chi connectivity index (χ1n) is 8.18. The molecule has 1 spiro atoms. The maximum Gasteiger partial charge on any atom is 0.272 e. The molecule has 1 unspecified atom stereocenters. The topological polar surface area (TPSA) is 67.6 Å². The van der Waals surface area contributed by atoms with Crippen LogP contribution < -0.4 is 0 Å². The van der Waals surface area contributed by atoms with E-state index in [1.807, 2.05) is 6.92 Å². The first kappa shape index (κ1) is 15.5. The minimum Gasteiger partial charge on any atom is -0.387 e. The van der Waals surface area contributed by atoms with Crippen LogP contribution in [-0.2, 0) is 11.3 Å². The summed E-state index contributed by atoms with van der Waals surface area (Å²) in [6, 6.07) is 1.75. The van der Waals surface area contributed by atoms with Crippen LogP contribution >= 0.6 is 0 Å². The molecule has 1 aromatic heterocycles. The molecule has 122 valence electrons. The fourth-order valence-electron chi connectivity index (χ4n) is 3.58. The average Bonchev–Trinajstić information content (AvgIpc) is 3.07. The fourth-order valence-corrected chi connectivity index (χ4v) is 3.58. The molecule has 22 heavy (non-hydrogen) atoms. The number of rotatable bonds is 5. The molecule has 2 saturated heterocycles. The third-order valence-corrected chi connectivity index (χ3v) is 4.77. The van der Waals surface area contributed by atoms with E-state index in [1.165, 1.54) is 0 Å². The van der Waals surface area contributed by atoms with Gasteiger partial charge in [-0.3, -0.25) is 9.48 Å². The van der Waals surface area contributed by atoms with Gasteiger partial charge in [0.1, 0.15) is 11.3 Å². The molecular formula is C16H25N3O3. The zero-order chi connectivity index (χ0) is 15.8. The summed E-state index contributed by atoms with van der Waals surface area (Å²) in [6.45, 7) is 6.29. The quantitative estimate of drug-likeness (QED) is 0.894. The second kappa shape index (κ2) is 5.66. The number of carbonyl (C=O) groups excluding carboxylic acids is 1. The number of aryl methyl sites for hydroxylation is 1. The van der Waals surface area contributed by atoms with Gasteiger partial charge in [-0.05, 0) is 19.4 Å². The van der Waals surface area contributed by atoms with Crippen LogP contribution in [0.25, 0.3) is 0 Å². The van der Waals surface area contributed by atoms with Gasteiger partial charge in [0.05, 0.1) is 25.3 Å². The highest BCUT2D eigenvalue weighted by Crippen LogP contribution is 2.42. The molecular weight excluding hydrogens is 282 g/mol. The lowest BCUT2D eigenvalue weighted by atomic mass is 9.82. The van der Waals surface area contributed by atoms with E-state index in [1.54, 1.807) is 21.8 Å². The van der Waals surface area contributed by atoms with E-state index < -0.39 is 5.60 Å². The summed E-state index contributed by atoms with van der Waals surface area (Å²) in [4.78, 5) is 14.3. The summed E-state index contributed by atoms with van der Waals surface area (Å²) >= 11 is 0. The van der Waals surface area contributed by atoms with Gasteiger partial charge < -0.3 is 14.7 Å². The third kappa shape index (κ3) is 2.65. The largest absolute Gasteiger partial charge is 0.387 e. The Morgan fingerprint density at radius 1 is 1.45 bits per heavy atom. The van der Waals surface area contributed by atoms with Gasteiger partial charge in [0.2, 0.25) is 0 Å². The van der Waals surface area contributed by atoms with Gasteiger partial charge in [-0.1, -0.05) is 19.8 Å². The number of aliphatic hydroxyl groups is 1. The Labute approximate surface area is 131 Å². The molecule has 6 heteroatoms.